The lowest BCUT2D eigenvalue weighted by Gasteiger charge is -2.37. The lowest BCUT2D eigenvalue weighted by atomic mass is 9.64. The second kappa shape index (κ2) is 13.4. The minimum Gasteiger partial charge on any atom is -0.508 e. The van der Waals surface area contributed by atoms with Crippen LogP contribution in [0.2, 0.25) is 0 Å². The van der Waals surface area contributed by atoms with Crippen LogP contribution in [0.4, 0.5) is 0 Å². The van der Waals surface area contributed by atoms with Crippen LogP contribution in [-0.2, 0) is 5.41 Å². The Morgan fingerprint density at radius 3 is 1.09 bits per heavy atom. The topological polar surface area (TPSA) is 40.5 Å². The van der Waals surface area contributed by atoms with Crippen molar-refractivity contribution in [3.63, 3.8) is 0 Å². The van der Waals surface area contributed by atoms with Gasteiger partial charge in [0.1, 0.15) is 11.5 Å². The van der Waals surface area contributed by atoms with E-state index in [4.69, 9.17) is 0 Å². The van der Waals surface area contributed by atoms with Crippen molar-refractivity contribution >= 4 is 0 Å². The number of hydrogen-bond acceptors (Lipinski definition) is 2. The molecule has 0 saturated heterocycles. The fourth-order valence-corrected chi connectivity index (χ4v) is 4.15. The summed E-state index contributed by atoms with van der Waals surface area (Å²) >= 11 is 0. The maximum atomic E-state index is 10.2. The van der Waals surface area contributed by atoms with E-state index in [9.17, 15) is 10.2 Å². The predicted molar refractivity (Wildman–Crippen MR) is 149 cm³/mol. The molecule has 0 fully saturated rings. The number of aryl methyl sites for hydroxylation is 2. The fourth-order valence-electron chi connectivity index (χ4n) is 4.15. The zero-order valence-corrected chi connectivity index (χ0v) is 22.0. The van der Waals surface area contributed by atoms with E-state index in [0.717, 1.165) is 33.4 Å². The van der Waals surface area contributed by atoms with E-state index < -0.39 is 5.41 Å². The number of rotatable bonds is 4. The zero-order valence-electron chi connectivity index (χ0n) is 22.0. The molecule has 4 aromatic carbocycles. The summed E-state index contributed by atoms with van der Waals surface area (Å²) in [6, 6.07) is 32.4. The van der Waals surface area contributed by atoms with Gasteiger partial charge >= 0.3 is 0 Å². The summed E-state index contributed by atoms with van der Waals surface area (Å²) in [6.45, 7) is 12.3. The number of hydrogen-bond donors (Lipinski definition) is 2. The molecule has 0 amide bonds. The standard InChI is InChI=1S/C27H24O2.2C3H8/c1-19-17-23(13-15-25(19)28)27(21-9-5-3-6-10-21,22-11-7-4-8-12-22)24-14-16-26(29)20(2)18-24;2*1-3-2/h3-18,28-29H,1-2H3;2*3H2,1-2H3. The summed E-state index contributed by atoms with van der Waals surface area (Å²) in [4.78, 5) is 0. The van der Waals surface area contributed by atoms with E-state index in [1.807, 2.05) is 62.4 Å². The van der Waals surface area contributed by atoms with Gasteiger partial charge in [-0.15, -0.1) is 0 Å². The molecule has 0 aliphatic heterocycles. The van der Waals surface area contributed by atoms with E-state index in [2.05, 4.69) is 64.1 Å². The molecule has 0 bridgehead atoms. The first-order valence-electron chi connectivity index (χ1n) is 12.6. The Bertz CT molecular complexity index is 1070. The van der Waals surface area contributed by atoms with Crippen LogP contribution in [0.5, 0.6) is 11.5 Å². The first-order chi connectivity index (χ1) is 16.9. The zero-order chi connectivity index (χ0) is 25.8. The minimum absolute atomic E-state index is 0.283. The number of phenolic OH excluding ortho intramolecular Hbond substituents is 2. The quantitative estimate of drug-likeness (QED) is 0.293. The lowest BCUT2D eigenvalue weighted by Crippen LogP contribution is -2.31. The van der Waals surface area contributed by atoms with Gasteiger partial charge < -0.3 is 10.2 Å². The molecule has 0 saturated carbocycles. The number of benzene rings is 4. The van der Waals surface area contributed by atoms with Gasteiger partial charge in [0, 0.05) is 0 Å². The molecule has 0 radical (unpaired) electrons. The SMILES string of the molecule is CCC.CCC.Cc1cc(C(c2ccccc2)(c2ccccc2)c2ccc(O)c(C)c2)ccc1O. The van der Waals surface area contributed by atoms with Crippen LogP contribution in [0.15, 0.2) is 97.1 Å². The van der Waals surface area contributed by atoms with Gasteiger partial charge in [-0.1, -0.05) is 125 Å². The lowest BCUT2D eigenvalue weighted by molar-refractivity contribution is 0.470. The minimum atomic E-state index is -0.584. The van der Waals surface area contributed by atoms with Crippen LogP contribution in [0.3, 0.4) is 0 Å². The first-order valence-corrected chi connectivity index (χ1v) is 12.6. The van der Waals surface area contributed by atoms with E-state index in [1.165, 1.54) is 12.8 Å². The molecule has 4 aromatic rings. The summed E-state index contributed by atoms with van der Waals surface area (Å²) in [7, 11) is 0. The van der Waals surface area contributed by atoms with Gasteiger partial charge in [0.2, 0.25) is 0 Å². The predicted octanol–water partition coefficient (Wildman–Crippen LogP) is 8.93. The summed E-state index contributed by atoms with van der Waals surface area (Å²) in [5.74, 6) is 0.566. The third-order valence-electron chi connectivity index (χ3n) is 5.67. The Labute approximate surface area is 211 Å². The molecule has 0 aromatic heterocycles. The van der Waals surface area contributed by atoms with Crippen LogP contribution < -0.4 is 0 Å². The number of aromatic hydroxyl groups is 2. The largest absolute Gasteiger partial charge is 0.508 e. The molecule has 0 spiro atoms. The highest BCUT2D eigenvalue weighted by Crippen LogP contribution is 2.46. The molecule has 184 valence electrons. The van der Waals surface area contributed by atoms with Crippen LogP contribution >= 0.6 is 0 Å². The van der Waals surface area contributed by atoms with Gasteiger partial charge in [0.25, 0.3) is 0 Å². The van der Waals surface area contributed by atoms with Gasteiger partial charge in [0.05, 0.1) is 5.41 Å². The van der Waals surface area contributed by atoms with Crippen molar-refractivity contribution in [3.05, 3.63) is 130 Å². The Morgan fingerprint density at radius 1 is 0.486 bits per heavy atom. The van der Waals surface area contributed by atoms with Crippen molar-refractivity contribution in [1.82, 2.24) is 0 Å². The summed E-state index contributed by atoms with van der Waals surface area (Å²) in [5, 5.41) is 20.3. The molecule has 2 N–H and O–H groups in total. The van der Waals surface area contributed by atoms with Crippen LogP contribution in [0.25, 0.3) is 0 Å². The van der Waals surface area contributed by atoms with Crippen LogP contribution in [0.1, 0.15) is 73.9 Å². The van der Waals surface area contributed by atoms with Crippen molar-refractivity contribution in [2.45, 2.75) is 59.8 Å². The highest BCUT2D eigenvalue weighted by molar-refractivity contribution is 5.62. The van der Waals surface area contributed by atoms with E-state index in [-0.39, 0.29) is 11.5 Å². The van der Waals surface area contributed by atoms with Crippen molar-refractivity contribution in [2.24, 2.45) is 0 Å². The average Bonchev–Trinajstić information content (AvgIpc) is 2.86. The van der Waals surface area contributed by atoms with Gasteiger partial charge in [0.15, 0.2) is 0 Å². The molecule has 0 aliphatic rings. The summed E-state index contributed by atoms with van der Waals surface area (Å²) in [5.41, 5.74) is 5.45. The maximum absolute atomic E-state index is 10.2. The van der Waals surface area contributed by atoms with Crippen molar-refractivity contribution in [3.8, 4) is 11.5 Å². The highest BCUT2D eigenvalue weighted by Gasteiger charge is 2.38. The Kier molecular flexibility index (Phi) is 10.6. The molecular weight excluding hydrogens is 428 g/mol. The molecule has 0 unspecified atom stereocenters. The van der Waals surface area contributed by atoms with Gasteiger partial charge in [-0.2, -0.15) is 0 Å². The third kappa shape index (κ3) is 6.33. The van der Waals surface area contributed by atoms with E-state index >= 15 is 0 Å². The van der Waals surface area contributed by atoms with Crippen LogP contribution in [0, 0.1) is 13.8 Å². The maximum Gasteiger partial charge on any atom is 0.118 e. The van der Waals surface area contributed by atoms with Gasteiger partial charge in [-0.25, -0.2) is 0 Å². The molecule has 2 heteroatoms. The Morgan fingerprint density at radius 2 is 0.800 bits per heavy atom. The molecule has 2 nitrogen and oxygen atoms in total. The second-order valence-electron chi connectivity index (χ2n) is 8.90. The Hall–Kier alpha value is -3.52. The first kappa shape index (κ1) is 27.7. The summed E-state index contributed by atoms with van der Waals surface area (Å²) in [6.07, 6.45) is 2.50. The smallest absolute Gasteiger partial charge is 0.118 e. The Balaban J connectivity index is 0.000000655. The third-order valence-corrected chi connectivity index (χ3v) is 5.67. The molecule has 35 heavy (non-hydrogen) atoms. The van der Waals surface area contributed by atoms with Crippen LogP contribution in [-0.4, -0.2) is 10.2 Å². The monoisotopic (exact) mass is 468 g/mol. The molecular formula is C33H40O2. The van der Waals surface area contributed by atoms with Crippen molar-refractivity contribution in [2.75, 3.05) is 0 Å². The number of phenols is 2. The fraction of sp³-hybridized carbons (Fsp3) is 0.273. The molecule has 0 heterocycles. The van der Waals surface area contributed by atoms with Crippen molar-refractivity contribution in [1.29, 1.82) is 0 Å². The second-order valence-corrected chi connectivity index (χ2v) is 8.90. The molecule has 0 aliphatic carbocycles. The molecule has 0 atom stereocenters. The van der Waals surface area contributed by atoms with Gasteiger partial charge in [-0.3, -0.25) is 0 Å². The van der Waals surface area contributed by atoms with Gasteiger partial charge in [-0.05, 0) is 59.4 Å². The van der Waals surface area contributed by atoms with E-state index in [1.54, 1.807) is 12.1 Å². The highest BCUT2D eigenvalue weighted by atomic mass is 16.3. The normalized spacial score (nSPS) is 10.5. The summed E-state index contributed by atoms with van der Waals surface area (Å²) < 4.78 is 0. The molecule has 4 rings (SSSR count). The average molecular weight is 469 g/mol. The van der Waals surface area contributed by atoms with E-state index in [0.29, 0.717) is 0 Å². The van der Waals surface area contributed by atoms with Crippen molar-refractivity contribution < 1.29 is 10.2 Å².